The van der Waals surface area contributed by atoms with Crippen LogP contribution in [0.4, 0.5) is 8.78 Å². The molecule has 1 aliphatic rings. The number of fused-ring (bicyclic) bond motifs is 1. The second kappa shape index (κ2) is 3.08. The average Bonchev–Trinajstić information content (AvgIpc) is 2.17. The first-order chi connectivity index (χ1) is 7.00. The molecule has 1 aliphatic heterocycles. The predicted molar refractivity (Wildman–Crippen MR) is 51.4 cm³/mol. The zero-order chi connectivity index (χ0) is 11.2. The second-order valence-corrected chi connectivity index (χ2v) is 3.29. The van der Waals surface area contributed by atoms with E-state index in [1.807, 2.05) is 0 Å². The highest BCUT2D eigenvalue weighted by molar-refractivity contribution is 5.74. The standard InChI is InChI=1S/C11H8F2O2/c1-5-3-6(2)15-11-7(5)4-8(12)10(14)9(11)13/h3-4,14H,2H2,1H3. The largest absolute Gasteiger partial charge is 0.503 e. The minimum Gasteiger partial charge on any atom is -0.503 e. The van der Waals surface area contributed by atoms with E-state index in [-0.39, 0.29) is 17.1 Å². The normalized spacial score (nSPS) is 14.3. The van der Waals surface area contributed by atoms with Crippen molar-refractivity contribution in [2.24, 2.45) is 0 Å². The lowest BCUT2D eigenvalue weighted by Crippen LogP contribution is -2.04. The van der Waals surface area contributed by atoms with Gasteiger partial charge in [0.2, 0.25) is 5.82 Å². The van der Waals surface area contributed by atoms with Crippen molar-refractivity contribution < 1.29 is 18.6 Å². The van der Waals surface area contributed by atoms with Gasteiger partial charge in [-0.3, -0.25) is 0 Å². The zero-order valence-corrected chi connectivity index (χ0v) is 7.97. The summed E-state index contributed by atoms with van der Waals surface area (Å²) in [4.78, 5) is 0. The number of ether oxygens (including phenoxy) is 1. The highest BCUT2D eigenvalue weighted by atomic mass is 19.1. The van der Waals surface area contributed by atoms with Gasteiger partial charge in [0.15, 0.2) is 17.3 Å². The van der Waals surface area contributed by atoms with Gasteiger partial charge in [-0.05, 0) is 24.6 Å². The van der Waals surface area contributed by atoms with E-state index < -0.39 is 17.4 Å². The third-order valence-corrected chi connectivity index (χ3v) is 2.18. The minimum absolute atomic E-state index is 0.182. The van der Waals surface area contributed by atoms with Gasteiger partial charge in [-0.2, -0.15) is 4.39 Å². The number of halogens is 2. The lowest BCUT2D eigenvalue weighted by Gasteiger charge is -2.18. The van der Waals surface area contributed by atoms with Gasteiger partial charge in [0.05, 0.1) is 0 Å². The molecule has 0 aliphatic carbocycles. The first kappa shape index (κ1) is 9.71. The summed E-state index contributed by atoms with van der Waals surface area (Å²) in [7, 11) is 0. The summed E-state index contributed by atoms with van der Waals surface area (Å²) in [6.07, 6.45) is 1.57. The molecular weight excluding hydrogens is 202 g/mol. The molecule has 0 aromatic heterocycles. The smallest absolute Gasteiger partial charge is 0.210 e. The van der Waals surface area contributed by atoms with E-state index >= 15 is 0 Å². The van der Waals surface area contributed by atoms with E-state index in [1.54, 1.807) is 13.0 Å². The van der Waals surface area contributed by atoms with Gasteiger partial charge in [-0.25, -0.2) is 4.39 Å². The monoisotopic (exact) mass is 210 g/mol. The predicted octanol–water partition coefficient (Wildman–Crippen LogP) is 2.98. The fourth-order valence-corrected chi connectivity index (χ4v) is 1.46. The zero-order valence-electron chi connectivity index (χ0n) is 7.97. The van der Waals surface area contributed by atoms with E-state index in [4.69, 9.17) is 9.84 Å². The molecule has 15 heavy (non-hydrogen) atoms. The van der Waals surface area contributed by atoms with Crippen molar-refractivity contribution in [3.63, 3.8) is 0 Å². The van der Waals surface area contributed by atoms with Crippen LogP contribution in [0.15, 0.2) is 24.5 Å². The Morgan fingerprint density at radius 1 is 1.40 bits per heavy atom. The highest BCUT2D eigenvalue weighted by Gasteiger charge is 2.23. The van der Waals surface area contributed by atoms with Gasteiger partial charge in [-0.15, -0.1) is 0 Å². The number of rotatable bonds is 0. The number of phenols is 1. The van der Waals surface area contributed by atoms with Crippen LogP contribution < -0.4 is 4.74 Å². The van der Waals surface area contributed by atoms with E-state index in [2.05, 4.69) is 6.58 Å². The van der Waals surface area contributed by atoms with Gasteiger partial charge in [0, 0.05) is 5.56 Å². The summed E-state index contributed by atoms with van der Waals surface area (Å²) in [5, 5.41) is 9.06. The van der Waals surface area contributed by atoms with Crippen LogP contribution >= 0.6 is 0 Å². The Balaban J connectivity index is 2.75. The number of hydrogen-bond donors (Lipinski definition) is 1. The van der Waals surface area contributed by atoms with Gasteiger partial charge < -0.3 is 9.84 Å². The van der Waals surface area contributed by atoms with E-state index in [0.29, 0.717) is 5.57 Å². The molecule has 0 amide bonds. The number of benzene rings is 1. The minimum atomic E-state index is -1.10. The van der Waals surface area contributed by atoms with Crippen LogP contribution in [0.2, 0.25) is 0 Å². The molecule has 1 N–H and O–H groups in total. The third-order valence-electron chi connectivity index (χ3n) is 2.18. The van der Waals surface area contributed by atoms with Crippen LogP contribution in [0.5, 0.6) is 11.5 Å². The molecule has 1 heterocycles. The molecule has 0 spiro atoms. The van der Waals surface area contributed by atoms with E-state index in [9.17, 15) is 8.78 Å². The van der Waals surface area contributed by atoms with Crippen molar-refractivity contribution in [1.29, 1.82) is 0 Å². The lowest BCUT2D eigenvalue weighted by atomic mass is 10.0. The Kier molecular flexibility index (Phi) is 2.00. The number of hydrogen-bond acceptors (Lipinski definition) is 2. The van der Waals surface area contributed by atoms with Crippen molar-refractivity contribution in [2.75, 3.05) is 0 Å². The fraction of sp³-hybridized carbons (Fsp3) is 0.0909. The molecule has 0 radical (unpaired) electrons. The van der Waals surface area contributed by atoms with Crippen molar-refractivity contribution in [3.8, 4) is 11.5 Å². The van der Waals surface area contributed by atoms with Crippen molar-refractivity contribution >= 4 is 5.57 Å². The molecule has 0 saturated heterocycles. The molecule has 1 aromatic rings. The molecule has 2 nitrogen and oxygen atoms in total. The van der Waals surface area contributed by atoms with Crippen LogP contribution in [0.3, 0.4) is 0 Å². The summed E-state index contributed by atoms with van der Waals surface area (Å²) >= 11 is 0. The number of phenolic OH excluding ortho intramolecular Hbond substituents is 1. The third kappa shape index (κ3) is 1.38. The maximum Gasteiger partial charge on any atom is 0.210 e. The van der Waals surface area contributed by atoms with Gasteiger partial charge in [0.1, 0.15) is 5.76 Å². The van der Waals surface area contributed by atoms with Crippen molar-refractivity contribution in [1.82, 2.24) is 0 Å². The van der Waals surface area contributed by atoms with Crippen LogP contribution in [0.25, 0.3) is 5.57 Å². The van der Waals surface area contributed by atoms with Crippen LogP contribution in [0, 0.1) is 11.6 Å². The van der Waals surface area contributed by atoms with Crippen LogP contribution in [-0.2, 0) is 0 Å². The molecule has 1 aromatic carbocycles. The molecule has 2 rings (SSSR count). The Labute approximate surface area is 85.1 Å². The topological polar surface area (TPSA) is 29.5 Å². The maximum atomic E-state index is 13.4. The van der Waals surface area contributed by atoms with E-state index in [0.717, 1.165) is 6.07 Å². The summed E-state index contributed by atoms with van der Waals surface area (Å²) in [5.41, 5.74) is 0.925. The lowest BCUT2D eigenvalue weighted by molar-refractivity contribution is 0.359. The molecule has 0 unspecified atom stereocenters. The molecule has 0 fully saturated rings. The number of aromatic hydroxyl groups is 1. The first-order valence-corrected chi connectivity index (χ1v) is 4.27. The molecule has 0 bridgehead atoms. The summed E-state index contributed by atoms with van der Waals surface area (Å²) < 4.78 is 31.4. The molecule has 0 atom stereocenters. The molecule has 4 heteroatoms. The van der Waals surface area contributed by atoms with Gasteiger partial charge >= 0.3 is 0 Å². The first-order valence-electron chi connectivity index (χ1n) is 4.27. The Hall–Kier alpha value is -1.84. The second-order valence-electron chi connectivity index (χ2n) is 3.29. The Morgan fingerprint density at radius 3 is 2.73 bits per heavy atom. The highest BCUT2D eigenvalue weighted by Crippen LogP contribution is 2.39. The molecule has 0 saturated carbocycles. The summed E-state index contributed by atoms with van der Waals surface area (Å²) in [5.74, 6) is -3.06. The Bertz CT molecular complexity index is 490. The van der Waals surface area contributed by atoms with Gasteiger partial charge in [0.25, 0.3) is 0 Å². The van der Waals surface area contributed by atoms with Gasteiger partial charge in [-0.1, -0.05) is 6.58 Å². The van der Waals surface area contributed by atoms with E-state index in [1.165, 1.54) is 0 Å². The van der Waals surface area contributed by atoms with Crippen LogP contribution in [0.1, 0.15) is 12.5 Å². The van der Waals surface area contributed by atoms with Crippen molar-refractivity contribution in [2.45, 2.75) is 6.92 Å². The van der Waals surface area contributed by atoms with Crippen molar-refractivity contribution in [3.05, 3.63) is 41.7 Å². The molecular formula is C11H8F2O2. The quantitative estimate of drug-likeness (QED) is 0.713. The summed E-state index contributed by atoms with van der Waals surface area (Å²) in [6, 6.07) is 1.03. The SMILES string of the molecule is C=C1C=C(C)c2cc(F)c(O)c(F)c2O1. The number of allylic oxidation sites excluding steroid dienone is 2. The summed E-state index contributed by atoms with van der Waals surface area (Å²) in [6.45, 7) is 5.20. The average molecular weight is 210 g/mol. The Morgan fingerprint density at radius 2 is 2.07 bits per heavy atom. The fourth-order valence-electron chi connectivity index (χ4n) is 1.46. The van der Waals surface area contributed by atoms with Crippen LogP contribution in [-0.4, -0.2) is 5.11 Å². The molecule has 78 valence electrons. The maximum absolute atomic E-state index is 13.4.